The van der Waals surface area contributed by atoms with Crippen molar-refractivity contribution in [3.8, 4) is 0 Å². The largest absolute Gasteiger partial charge is 0.459 e. The third kappa shape index (κ3) is 3.49. The topological polar surface area (TPSA) is 87.6 Å². The molecule has 0 unspecified atom stereocenters. The van der Waals surface area contributed by atoms with Crippen molar-refractivity contribution in [2.45, 2.75) is 40.0 Å². The Balaban J connectivity index is 1.45. The minimum Gasteiger partial charge on any atom is -0.459 e. The fourth-order valence-corrected chi connectivity index (χ4v) is 4.29. The van der Waals surface area contributed by atoms with Crippen molar-refractivity contribution in [1.29, 1.82) is 0 Å². The summed E-state index contributed by atoms with van der Waals surface area (Å²) in [6.45, 7) is 4.46. The number of hydrogen-bond donors (Lipinski definition) is 0. The van der Waals surface area contributed by atoms with Gasteiger partial charge in [0.05, 0.1) is 23.1 Å². The maximum atomic E-state index is 12.6. The summed E-state index contributed by atoms with van der Waals surface area (Å²) in [6.07, 6.45) is 0.0525. The fourth-order valence-electron chi connectivity index (χ4n) is 3.40. The average molecular weight is 412 g/mol. The molecule has 0 saturated heterocycles. The van der Waals surface area contributed by atoms with Gasteiger partial charge in [0.15, 0.2) is 4.96 Å². The molecule has 1 aromatic carbocycles. The van der Waals surface area contributed by atoms with Crippen molar-refractivity contribution >= 4 is 33.3 Å². The molecule has 3 heterocycles. The van der Waals surface area contributed by atoms with Crippen molar-refractivity contribution in [3.63, 3.8) is 0 Å². The molecule has 0 aliphatic carbocycles. The Labute approximate surface area is 169 Å². The van der Waals surface area contributed by atoms with Crippen LogP contribution in [-0.4, -0.2) is 24.5 Å². The van der Waals surface area contributed by atoms with E-state index in [9.17, 15) is 14.4 Å². The molecule has 0 N–H and O–H groups in total. The van der Waals surface area contributed by atoms with Gasteiger partial charge in [0.25, 0.3) is 5.56 Å². The van der Waals surface area contributed by atoms with Crippen molar-refractivity contribution in [1.82, 2.24) is 18.5 Å². The van der Waals surface area contributed by atoms with Crippen molar-refractivity contribution in [3.05, 3.63) is 67.9 Å². The van der Waals surface area contributed by atoms with Gasteiger partial charge < -0.3 is 4.74 Å². The monoisotopic (exact) mass is 412 g/mol. The number of thiazole rings is 1. The minimum absolute atomic E-state index is 0.0525. The second-order valence-electron chi connectivity index (χ2n) is 6.66. The van der Waals surface area contributed by atoms with Crippen molar-refractivity contribution in [2.75, 3.05) is 0 Å². The summed E-state index contributed by atoms with van der Waals surface area (Å²) >= 11 is 1.36. The van der Waals surface area contributed by atoms with E-state index in [-0.39, 0.29) is 30.8 Å². The van der Waals surface area contributed by atoms with E-state index in [4.69, 9.17) is 4.74 Å². The summed E-state index contributed by atoms with van der Waals surface area (Å²) in [4.78, 5) is 41.9. The number of aryl methyl sites for hydroxylation is 3. The Bertz CT molecular complexity index is 1330. The van der Waals surface area contributed by atoms with Gasteiger partial charge >= 0.3 is 11.7 Å². The SMILES string of the molecule is CCn1c(=O)n(CCC(=O)OCc2cc(=O)n3c(C)csc3n2)c2ccccc21. The van der Waals surface area contributed by atoms with Gasteiger partial charge in [-0.3, -0.25) is 23.1 Å². The van der Waals surface area contributed by atoms with E-state index in [0.717, 1.165) is 16.7 Å². The highest BCUT2D eigenvalue weighted by Crippen LogP contribution is 2.14. The zero-order valence-corrected chi connectivity index (χ0v) is 16.9. The van der Waals surface area contributed by atoms with Gasteiger partial charge in [-0.25, -0.2) is 9.78 Å². The van der Waals surface area contributed by atoms with Crippen LogP contribution in [0.15, 0.2) is 45.3 Å². The van der Waals surface area contributed by atoms with Crippen LogP contribution in [-0.2, 0) is 29.2 Å². The van der Waals surface area contributed by atoms with E-state index in [1.165, 1.54) is 21.8 Å². The molecular formula is C20H20N4O4S. The highest BCUT2D eigenvalue weighted by atomic mass is 32.1. The molecule has 0 amide bonds. The van der Waals surface area contributed by atoms with Crippen LogP contribution >= 0.6 is 11.3 Å². The van der Waals surface area contributed by atoms with Crippen LogP contribution in [0.3, 0.4) is 0 Å². The number of hydrogen-bond acceptors (Lipinski definition) is 6. The number of imidazole rings is 1. The summed E-state index contributed by atoms with van der Waals surface area (Å²) in [5, 5.41) is 1.85. The predicted molar refractivity (Wildman–Crippen MR) is 110 cm³/mol. The number of ether oxygens (including phenoxy) is 1. The van der Waals surface area contributed by atoms with Crippen molar-refractivity contribution in [2.24, 2.45) is 0 Å². The molecule has 150 valence electrons. The Morgan fingerprint density at radius 3 is 2.62 bits per heavy atom. The summed E-state index contributed by atoms with van der Waals surface area (Å²) < 4.78 is 10.1. The van der Waals surface area contributed by atoms with E-state index >= 15 is 0 Å². The lowest BCUT2D eigenvalue weighted by Gasteiger charge is -2.06. The van der Waals surface area contributed by atoms with Gasteiger partial charge in [-0.15, -0.1) is 11.3 Å². The van der Waals surface area contributed by atoms with Crippen LogP contribution in [0, 0.1) is 6.92 Å². The maximum absolute atomic E-state index is 12.6. The summed E-state index contributed by atoms with van der Waals surface area (Å²) in [5.74, 6) is -0.449. The van der Waals surface area contributed by atoms with Crippen LogP contribution < -0.4 is 11.2 Å². The molecule has 4 aromatic rings. The number of rotatable bonds is 6. The highest BCUT2D eigenvalue weighted by molar-refractivity contribution is 7.15. The highest BCUT2D eigenvalue weighted by Gasteiger charge is 2.14. The fraction of sp³-hybridized carbons (Fsp3) is 0.300. The Kier molecular flexibility index (Phi) is 5.06. The normalized spacial score (nSPS) is 11.4. The molecule has 0 spiro atoms. The molecule has 8 nitrogen and oxygen atoms in total. The predicted octanol–water partition coefficient (Wildman–Crippen LogP) is 2.33. The second kappa shape index (κ2) is 7.67. The molecule has 0 aliphatic heterocycles. The molecule has 29 heavy (non-hydrogen) atoms. The van der Waals surface area contributed by atoms with Crippen LogP contribution in [0.25, 0.3) is 16.0 Å². The standard InChI is InChI=1S/C20H20N4O4S/c1-3-22-15-6-4-5-7-16(15)23(20(22)27)9-8-18(26)28-11-14-10-17(25)24-13(2)12-29-19(24)21-14/h4-7,10,12H,3,8-9,11H2,1-2H3. The molecule has 4 rings (SSSR count). The second-order valence-corrected chi connectivity index (χ2v) is 7.50. The van der Waals surface area contributed by atoms with Gasteiger partial charge in [-0.1, -0.05) is 12.1 Å². The van der Waals surface area contributed by atoms with E-state index in [1.54, 1.807) is 9.13 Å². The summed E-state index contributed by atoms with van der Waals surface area (Å²) in [7, 11) is 0. The smallest absolute Gasteiger partial charge is 0.329 e. The number of benzene rings is 1. The lowest BCUT2D eigenvalue weighted by Crippen LogP contribution is -2.25. The van der Waals surface area contributed by atoms with E-state index in [1.807, 2.05) is 43.5 Å². The lowest BCUT2D eigenvalue weighted by molar-refractivity contribution is -0.145. The van der Waals surface area contributed by atoms with E-state index < -0.39 is 5.97 Å². The van der Waals surface area contributed by atoms with Gasteiger partial charge in [-0.05, 0) is 26.0 Å². The molecule has 0 radical (unpaired) electrons. The Morgan fingerprint density at radius 1 is 1.17 bits per heavy atom. The molecular weight excluding hydrogens is 392 g/mol. The van der Waals surface area contributed by atoms with E-state index in [0.29, 0.717) is 17.2 Å². The van der Waals surface area contributed by atoms with Crippen LogP contribution in [0.4, 0.5) is 0 Å². The first-order valence-corrected chi connectivity index (χ1v) is 10.2. The molecule has 0 saturated carbocycles. The Hall–Kier alpha value is -3.20. The van der Waals surface area contributed by atoms with Crippen LogP contribution in [0.1, 0.15) is 24.7 Å². The lowest BCUT2D eigenvalue weighted by atomic mass is 10.3. The molecule has 0 aliphatic rings. The number of aromatic nitrogens is 4. The average Bonchev–Trinajstić information content (AvgIpc) is 3.21. The van der Waals surface area contributed by atoms with Crippen molar-refractivity contribution < 1.29 is 9.53 Å². The van der Waals surface area contributed by atoms with Gasteiger partial charge in [0, 0.05) is 30.2 Å². The van der Waals surface area contributed by atoms with E-state index in [2.05, 4.69) is 4.98 Å². The zero-order valence-electron chi connectivity index (χ0n) is 16.1. The number of carbonyl (C=O) groups is 1. The summed E-state index contributed by atoms with van der Waals surface area (Å²) in [6, 6.07) is 8.88. The number of esters is 1. The first-order valence-electron chi connectivity index (χ1n) is 9.30. The molecule has 9 heteroatoms. The Morgan fingerprint density at radius 2 is 1.90 bits per heavy atom. The first kappa shape index (κ1) is 19.1. The molecule has 0 fully saturated rings. The quantitative estimate of drug-likeness (QED) is 0.454. The number of nitrogens with zero attached hydrogens (tertiary/aromatic N) is 4. The third-order valence-corrected chi connectivity index (χ3v) is 5.73. The maximum Gasteiger partial charge on any atom is 0.329 e. The van der Waals surface area contributed by atoms with Crippen LogP contribution in [0.5, 0.6) is 0 Å². The number of fused-ring (bicyclic) bond motifs is 2. The molecule has 0 bridgehead atoms. The minimum atomic E-state index is -0.449. The summed E-state index contributed by atoms with van der Waals surface area (Å²) in [5.41, 5.74) is 2.53. The molecule has 3 aromatic heterocycles. The number of para-hydroxylation sites is 2. The number of carbonyl (C=O) groups excluding carboxylic acids is 1. The first-order chi connectivity index (χ1) is 14.0. The zero-order chi connectivity index (χ0) is 20.5. The van der Waals surface area contributed by atoms with Gasteiger partial charge in [0.2, 0.25) is 0 Å². The van der Waals surface area contributed by atoms with Gasteiger partial charge in [0.1, 0.15) is 6.61 Å². The van der Waals surface area contributed by atoms with Crippen LogP contribution in [0.2, 0.25) is 0 Å². The third-order valence-electron chi connectivity index (χ3n) is 4.79. The molecule has 0 atom stereocenters. The van der Waals surface area contributed by atoms with Gasteiger partial charge in [-0.2, -0.15) is 0 Å².